The van der Waals surface area contributed by atoms with Gasteiger partial charge in [0.2, 0.25) is 0 Å². The average molecular weight is 518 g/mol. The average Bonchev–Trinajstić information content (AvgIpc) is 3.66. The number of rotatable bonds is 4. The van der Waals surface area contributed by atoms with Crippen LogP contribution in [-0.2, 0) is 0 Å². The second kappa shape index (κ2) is 8.83. The van der Waals surface area contributed by atoms with Crippen molar-refractivity contribution in [1.29, 1.82) is 0 Å². The molecule has 2 aromatic heterocycles. The molecule has 184 valence electrons. The monoisotopic (exact) mass is 517 g/mol. The second-order valence-electron chi connectivity index (χ2n) is 9.68. The van der Waals surface area contributed by atoms with E-state index in [1.54, 1.807) is 0 Å². The topological polar surface area (TPSA) is 21.1 Å². The van der Waals surface area contributed by atoms with Gasteiger partial charge in [-0.1, -0.05) is 91.0 Å². The van der Waals surface area contributed by atoms with Crippen molar-refractivity contribution in [2.75, 3.05) is 4.90 Å². The van der Waals surface area contributed by atoms with Gasteiger partial charge in [-0.2, -0.15) is 0 Å². The SMILES string of the molecule is c1ccc(-c2ccc(-c3ccc(N4c5ccccc5-n5c(-c6ccccc6)nc6cccc4c65)cc3)s2)cc1. The zero-order valence-electron chi connectivity index (χ0n) is 21.0. The van der Waals surface area contributed by atoms with E-state index in [2.05, 4.69) is 143 Å². The lowest BCUT2D eigenvalue weighted by atomic mass is 10.1. The first-order chi connectivity index (χ1) is 19.3. The van der Waals surface area contributed by atoms with Gasteiger partial charge in [0.05, 0.1) is 28.1 Å². The van der Waals surface area contributed by atoms with E-state index in [-0.39, 0.29) is 0 Å². The Morgan fingerprint density at radius 2 is 1.05 bits per heavy atom. The van der Waals surface area contributed by atoms with Crippen molar-refractivity contribution in [1.82, 2.24) is 9.55 Å². The molecule has 0 radical (unpaired) electrons. The van der Waals surface area contributed by atoms with Crippen LogP contribution >= 0.6 is 11.3 Å². The predicted molar refractivity (Wildman–Crippen MR) is 163 cm³/mol. The molecule has 0 fully saturated rings. The summed E-state index contributed by atoms with van der Waals surface area (Å²) in [5.41, 5.74) is 10.3. The number of aromatic nitrogens is 2. The van der Waals surface area contributed by atoms with Crippen LogP contribution < -0.4 is 4.90 Å². The Morgan fingerprint density at radius 3 is 1.77 bits per heavy atom. The zero-order valence-corrected chi connectivity index (χ0v) is 21.8. The number of nitrogens with zero attached hydrogens (tertiary/aromatic N) is 3. The van der Waals surface area contributed by atoms with Gasteiger partial charge in [-0.3, -0.25) is 4.57 Å². The number of benzene rings is 5. The van der Waals surface area contributed by atoms with Gasteiger partial charge >= 0.3 is 0 Å². The Kier molecular flexibility index (Phi) is 5.00. The maximum Gasteiger partial charge on any atom is 0.145 e. The van der Waals surface area contributed by atoms with Crippen LogP contribution in [0.25, 0.3) is 49.0 Å². The van der Waals surface area contributed by atoms with Gasteiger partial charge in [0, 0.05) is 21.0 Å². The highest BCUT2D eigenvalue weighted by atomic mass is 32.1. The van der Waals surface area contributed by atoms with Crippen molar-refractivity contribution in [3.05, 3.63) is 140 Å². The lowest BCUT2D eigenvalue weighted by Crippen LogP contribution is -2.18. The largest absolute Gasteiger partial charge is 0.306 e. The number of hydrogen-bond donors (Lipinski definition) is 0. The summed E-state index contributed by atoms with van der Waals surface area (Å²) in [5.74, 6) is 0.965. The van der Waals surface area contributed by atoms with E-state index in [0.29, 0.717) is 0 Å². The number of fused-ring (bicyclic) bond motifs is 2. The van der Waals surface area contributed by atoms with Crippen molar-refractivity contribution < 1.29 is 0 Å². The summed E-state index contributed by atoms with van der Waals surface area (Å²) in [6.45, 7) is 0. The summed E-state index contributed by atoms with van der Waals surface area (Å²) in [6.07, 6.45) is 0. The molecule has 0 bridgehead atoms. The summed E-state index contributed by atoms with van der Waals surface area (Å²) in [7, 11) is 0. The minimum atomic E-state index is 0.965. The Bertz CT molecular complexity index is 1950. The molecule has 0 spiro atoms. The van der Waals surface area contributed by atoms with E-state index in [9.17, 15) is 0 Å². The van der Waals surface area contributed by atoms with Gasteiger partial charge in [0.25, 0.3) is 0 Å². The fraction of sp³-hybridized carbons (Fsp3) is 0. The van der Waals surface area contributed by atoms with Gasteiger partial charge in [0.15, 0.2) is 0 Å². The first kappa shape index (κ1) is 22.1. The predicted octanol–water partition coefficient (Wildman–Crippen LogP) is 9.87. The molecule has 0 unspecified atom stereocenters. The second-order valence-corrected chi connectivity index (χ2v) is 10.8. The number of anilines is 3. The van der Waals surface area contributed by atoms with E-state index in [4.69, 9.17) is 4.98 Å². The maximum atomic E-state index is 5.10. The van der Waals surface area contributed by atoms with Crippen LogP contribution in [0.1, 0.15) is 0 Å². The summed E-state index contributed by atoms with van der Waals surface area (Å²) in [5, 5.41) is 0. The molecule has 3 nitrogen and oxygen atoms in total. The van der Waals surface area contributed by atoms with Crippen LogP contribution in [0.2, 0.25) is 0 Å². The highest BCUT2D eigenvalue weighted by molar-refractivity contribution is 7.18. The van der Waals surface area contributed by atoms with Crippen LogP contribution in [0.15, 0.2) is 140 Å². The lowest BCUT2D eigenvalue weighted by Gasteiger charge is -2.33. The standard InChI is InChI=1S/C35H23N3S/c1-3-10-24(11-4-1)32-22-23-33(39-32)25-18-20-27(21-19-25)37-29-15-7-8-16-30(29)38-34-28(14-9-17-31(34)37)36-35(38)26-12-5-2-6-13-26/h1-23H. The van der Waals surface area contributed by atoms with E-state index < -0.39 is 0 Å². The third-order valence-corrected chi connectivity index (χ3v) is 8.55. The molecule has 4 heteroatoms. The smallest absolute Gasteiger partial charge is 0.145 e. The third-order valence-electron chi connectivity index (χ3n) is 7.37. The number of para-hydroxylation sites is 3. The van der Waals surface area contributed by atoms with Crippen LogP contribution in [0, 0.1) is 0 Å². The summed E-state index contributed by atoms with van der Waals surface area (Å²) in [4.78, 5) is 10.0. The van der Waals surface area contributed by atoms with Crippen LogP contribution in [0.3, 0.4) is 0 Å². The number of thiophene rings is 1. The van der Waals surface area contributed by atoms with Crippen LogP contribution in [0.5, 0.6) is 0 Å². The maximum absolute atomic E-state index is 5.10. The first-order valence-electron chi connectivity index (χ1n) is 13.1. The highest BCUT2D eigenvalue weighted by Gasteiger charge is 2.29. The minimum Gasteiger partial charge on any atom is -0.306 e. The fourth-order valence-electron chi connectivity index (χ4n) is 5.58. The van der Waals surface area contributed by atoms with E-state index >= 15 is 0 Å². The van der Waals surface area contributed by atoms with Gasteiger partial charge in [-0.05, 0) is 59.7 Å². The van der Waals surface area contributed by atoms with Crippen molar-refractivity contribution in [3.63, 3.8) is 0 Å². The normalized spacial score (nSPS) is 12.1. The first-order valence-corrected chi connectivity index (χ1v) is 13.9. The molecule has 7 aromatic rings. The molecular formula is C35H23N3S. The summed E-state index contributed by atoms with van der Waals surface area (Å²) in [6, 6.07) is 49.4. The van der Waals surface area contributed by atoms with Gasteiger partial charge < -0.3 is 4.90 Å². The molecule has 1 aliphatic rings. The Labute approximate surface area is 230 Å². The molecule has 3 heterocycles. The highest BCUT2D eigenvalue weighted by Crippen LogP contribution is 2.48. The molecule has 0 aliphatic carbocycles. The molecule has 8 rings (SSSR count). The molecule has 39 heavy (non-hydrogen) atoms. The van der Waals surface area contributed by atoms with Crippen LogP contribution in [-0.4, -0.2) is 9.55 Å². The zero-order chi connectivity index (χ0) is 25.8. The van der Waals surface area contributed by atoms with Gasteiger partial charge in [-0.15, -0.1) is 11.3 Å². The lowest BCUT2D eigenvalue weighted by molar-refractivity contribution is 1.06. The number of imidazole rings is 1. The molecule has 0 saturated heterocycles. The summed E-state index contributed by atoms with van der Waals surface area (Å²) < 4.78 is 2.32. The van der Waals surface area contributed by atoms with E-state index in [1.807, 2.05) is 17.4 Å². The molecule has 0 N–H and O–H groups in total. The van der Waals surface area contributed by atoms with E-state index in [1.165, 1.54) is 20.9 Å². The molecule has 0 saturated carbocycles. The Hall–Kier alpha value is -4.93. The summed E-state index contributed by atoms with van der Waals surface area (Å²) >= 11 is 1.83. The fourth-order valence-corrected chi connectivity index (χ4v) is 6.60. The minimum absolute atomic E-state index is 0.965. The quantitative estimate of drug-likeness (QED) is 0.232. The molecular weight excluding hydrogens is 494 g/mol. The van der Waals surface area contributed by atoms with Crippen molar-refractivity contribution in [2.45, 2.75) is 0 Å². The molecule has 0 amide bonds. The van der Waals surface area contributed by atoms with Gasteiger partial charge in [-0.25, -0.2) is 4.98 Å². The Balaban J connectivity index is 1.25. The van der Waals surface area contributed by atoms with Crippen LogP contribution in [0.4, 0.5) is 17.1 Å². The molecule has 1 aliphatic heterocycles. The molecule has 5 aromatic carbocycles. The number of hydrogen-bond acceptors (Lipinski definition) is 3. The Morgan fingerprint density at radius 1 is 0.462 bits per heavy atom. The van der Waals surface area contributed by atoms with Crippen molar-refractivity contribution in [3.8, 4) is 38.0 Å². The van der Waals surface area contributed by atoms with Gasteiger partial charge in [0.1, 0.15) is 5.82 Å². The van der Waals surface area contributed by atoms with Crippen molar-refractivity contribution in [2.24, 2.45) is 0 Å². The van der Waals surface area contributed by atoms with E-state index in [0.717, 1.165) is 45.2 Å². The molecule has 0 atom stereocenters. The van der Waals surface area contributed by atoms with Crippen molar-refractivity contribution >= 4 is 39.4 Å². The third kappa shape index (κ3) is 3.53.